The zero-order valence-corrected chi connectivity index (χ0v) is 13.6. The fraction of sp³-hybridized carbons (Fsp3) is 0.412. The largest absolute Gasteiger partial charge is 0.258 e. The van der Waals surface area contributed by atoms with Gasteiger partial charge in [0.2, 0.25) is 4.80 Å². The lowest BCUT2D eigenvalue weighted by Gasteiger charge is -2.13. The molecule has 1 aromatic carbocycles. The van der Waals surface area contributed by atoms with Gasteiger partial charge in [-0.05, 0) is 44.7 Å². The fourth-order valence-electron chi connectivity index (χ4n) is 2.70. The first-order valence-corrected chi connectivity index (χ1v) is 8.70. The van der Waals surface area contributed by atoms with E-state index in [9.17, 15) is 4.39 Å². The summed E-state index contributed by atoms with van der Waals surface area (Å²) in [5.74, 6) is -0.221. The molecule has 2 aromatic rings. The molecule has 0 amide bonds. The minimum Gasteiger partial charge on any atom is -0.258 e. The highest BCUT2D eigenvalue weighted by atomic mass is 32.1. The lowest BCUT2D eigenvalue weighted by atomic mass is 9.99. The summed E-state index contributed by atoms with van der Waals surface area (Å²) >= 11 is 1.52. The predicted octanol–water partition coefficient (Wildman–Crippen LogP) is 4.44. The number of rotatable bonds is 3. The van der Waals surface area contributed by atoms with Gasteiger partial charge in [-0.2, -0.15) is 5.10 Å². The van der Waals surface area contributed by atoms with Crippen LogP contribution in [0.15, 0.2) is 39.7 Å². The Hall–Kier alpha value is -1.75. The number of nitrogens with zero attached hydrogens (tertiary/aromatic N) is 3. The maximum Gasteiger partial charge on any atom is 0.206 e. The first kappa shape index (κ1) is 15.2. The summed E-state index contributed by atoms with van der Waals surface area (Å²) in [5.41, 5.74) is 2.56. The number of hydrogen-bond acceptors (Lipinski definition) is 3. The van der Waals surface area contributed by atoms with Crippen molar-refractivity contribution in [1.29, 1.82) is 0 Å². The van der Waals surface area contributed by atoms with Crippen LogP contribution >= 0.6 is 11.3 Å². The van der Waals surface area contributed by atoms with Crippen LogP contribution < -0.4 is 4.80 Å². The van der Waals surface area contributed by atoms with Gasteiger partial charge >= 0.3 is 0 Å². The molecule has 0 N–H and O–H groups in total. The molecule has 1 aliphatic carbocycles. The molecule has 0 radical (unpaired) electrons. The molecule has 0 unspecified atom stereocenters. The fourth-order valence-corrected chi connectivity index (χ4v) is 3.58. The molecule has 0 aliphatic heterocycles. The third-order valence-corrected chi connectivity index (χ3v) is 4.65. The summed E-state index contributed by atoms with van der Waals surface area (Å²) in [5, 5.41) is 6.74. The van der Waals surface area contributed by atoms with E-state index < -0.39 is 0 Å². The summed E-state index contributed by atoms with van der Waals surface area (Å²) in [6.07, 6.45) is 5.73. The third-order valence-electron chi connectivity index (χ3n) is 3.80. The van der Waals surface area contributed by atoms with E-state index in [0.717, 1.165) is 23.3 Å². The molecule has 0 spiro atoms. The van der Waals surface area contributed by atoms with Crippen molar-refractivity contribution < 1.29 is 4.39 Å². The second kappa shape index (κ2) is 7.01. The Morgan fingerprint density at radius 2 is 1.95 bits per heavy atom. The van der Waals surface area contributed by atoms with E-state index in [4.69, 9.17) is 5.10 Å². The van der Waals surface area contributed by atoms with Crippen molar-refractivity contribution in [1.82, 2.24) is 4.68 Å². The Morgan fingerprint density at radius 3 is 2.68 bits per heavy atom. The molecule has 1 heterocycles. The maximum atomic E-state index is 14.1. The van der Waals surface area contributed by atoms with Gasteiger partial charge in [-0.25, -0.2) is 9.07 Å². The molecule has 3 nitrogen and oxygen atoms in total. The van der Waals surface area contributed by atoms with E-state index in [0.29, 0.717) is 12.1 Å². The third kappa shape index (κ3) is 3.19. The van der Waals surface area contributed by atoms with Gasteiger partial charge in [-0.15, -0.1) is 11.3 Å². The summed E-state index contributed by atoms with van der Waals surface area (Å²) in [6.45, 7) is 2.70. The molecule has 1 fully saturated rings. The zero-order valence-electron chi connectivity index (χ0n) is 12.8. The van der Waals surface area contributed by atoms with Gasteiger partial charge in [0.1, 0.15) is 5.82 Å². The van der Waals surface area contributed by atoms with Crippen molar-refractivity contribution in [2.24, 2.45) is 10.1 Å². The topological polar surface area (TPSA) is 29.6 Å². The summed E-state index contributed by atoms with van der Waals surface area (Å²) in [4.78, 5) is 5.33. The Bertz CT molecular complexity index is 734. The molecule has 1 aromatic heterocycles. The average Bonchev–Trinajstić information content (AvgIpc) is 2.92. The van der Waals surface area contributed by atoms with Crippen LogP contribution in [-0.2, 0) is 0 Å². The Kier molecular flexibility index (Phi) is 4.83. The first-order valence-electron chi connectivity index (χ1n) is 7.82. The molecular weight excluding hydrogens is 297 g/mol. The van der Waals surface area contributed by atoms with E-state index in [1.54, 1.807) is 12.1 Å². The van der Waals surface area contributed by atoms with E-state index in [1.165, 1.54) is 42.4 Å². The van der Waals surface area contributed by atoms with Crippen LogP contribution in [0, 0.1) is 5.82 Å². The van der Waals surface area contributed by atoms with Crippen molar-refractivity contribution >= 4 is 17.0 Å². The van der Waals surface area contributed by atoms with Gasteiger partial charge in [0.25, 0.3) is 0 Å². The van der Waals surface area contributed by atoms with Crippen LogP contribution in [-0.4, -0.2) is 16.9 Å². The van der Waals surface area contributed by atoms with Gasteiger partial charge in [0.15, 0.2) is 0 Å². The van der Waals surface area contributed by atoms with E-state index >= 15 is 0 Å². The average molecular weight is 317 g/mol. The Morgan fingerprint density at radius 1 is 1.18 bits per heavy atom. The summed E-state index contributed by atoms with van der Waals surface area (Å²) in [6, 6.07) is 6.84. The molecule has 1 aliphatic rings. The number of thiazole rings is 1. The SMILES string of the molecule is CCN=c1scc(-c2ccccc2F)n1N=C1CCCCC1. The molecule has 3 rings (SSSR count). The molecule has 0 saturated heterocycles. The summed E-state index contributed by atoms with van der Waals surface area (Å²) < 4.78 is 16.0. The van der Waals surface area contributed by atoms with Crippen molar-refractivity contribution in [3.05, 3.63) is 40.3 Å². The molecule has 1 saturated carbocycles. The highest BCUT2D eigenvalue weighted by Crippen LogP contribution is 2.24. The zero-order chi connectivity index (χ0) is 15.4. The maximum absolute atomic E-state index is 14.1. The van der Waals surface area contributed by atoms with Crippen LogP contribution in [0.25, 0.3) is 11.3 Å². The smallest absolute Gasteiger partial charge is 0.206 e. The molecule has 0 atom stereocenters. The lowest BCUT2D eigenvalue weighted by molar-refractivity contribution is 0.628. The monoisotopic (exact) mass is 317 g/mol. The molecule has 5 heteroatoms. The number of benzene rings is 1. The van der Waals surface area contributed by atoms with Gasteiger partial charge in [0.05, 0.1) is 5.69 Å². The second-order valence-corrected chi connectivity index (χ2v) is 6.23. The van der Waals surface area contributed by atoms with Crippen molar-refractivity contribution in [2.75, 3.05) is 6.54 Å². The van der Waals surface area contributed by atoms with Crippen LogP contribution in [0.1, 0.15) is 39.0 Å². The van der Waals surface area contributed by atoms with Gasteiger partial charge in [-0.3, -0.25) is 4.99 Å². The van der Waals surface area contributed by atoms with E-state index in [1.807, 2.05) is 23.0 Å². The molecular formula is C17H20FN3S. The quantitative estimate of drug-likeness (QED) is 0.801. The Labute approximate surface area is 133 Å². The lowest BCUT2D eigenvalue weighted by Crippen LogP contribution is -2.16. The van der Waals surface area contributed by atoms with Crippen LogP contribution in [0.5, 0.6) is 0 Å². The van der Waals surface area contributed by atoms with Gasteiger partial charge in [-0.1, -0.05) is 18.6 Å². The number of aromatic nitrogens is 1. The highest BCUT2D eigenvalue weighted by Gasteiger charge is 2.13. The van der Waals surface area contributed by atoms with Crippen molar-refractivity contribution in [3.8, 4) is 11.3 Å². The predicted molar refractivity (Wildman–Crippen MR) is 89.7 cm³/mol. The van der Waals surface area contributed by atoms with Crippen LogP contribution in [0.2, 0.25) is 0 Å². The normalized spacial score (nSPS) is 16.1. The van der Waals surface area contributed by atoms with Gasteiger partial charge in [0, 0.05) is 23.2 Å². The van der Waals surface area contributed by atoms with Crippen LogP contribution in [0.4, 0.5) is 4.39 Å². The van der Waals surface area contributed by atoms with Crippen LogP contribution in [0.3, 0.4) is 0 Å². The van der Waals surface area contributed by atoms with E-state index in [-0.39, 0.29) is 5.82 Å². The minimum absolute atomic E-state index is 0.221. The number of halogens is 1. The number of hydrogen-bond donors (Lipinski definition) is 0. The molecule has 116 valence electrons. The Balaban J connectivity index is 2.12. The van der Waals surface area contributed by atoms with Crippen molar-refractivity contribution in [2.45, 2.75) is 39.0 Å². The molecule has 22 heavy (non-hydrogen) atoms. The first-order chi connectivity index (χ1) is 10.8. The molecule has 0 bridgehead atoms. The minimum atomic E-state index is -0.221. The second-order valence-electron chi connectivity index (χ2n) is 5.40. The van der Waals surface area contributed by atoms with Gasteiger partial charge < -0.3 is 0 Å². The summed E-state index contributed by atoms with van der Waals surface area (Å²) in [7, 11) is 0. The van der Waals surface area contributed by atoms with Crippen molar-refractivity contribution in [3.63, 3.8) is 0 Å². The highest BCUT2D eigenvalue weighted by molar-refractivity contribution is 7.07. The van der Waals surface area contributed by atoms with E-state index in [2.05, 4.69) is 4.99 Å². The standard InChI is InChI=1S/C17H20FN3S/c1-2-19-17-21(20-13-8-4-3-5-9-13)16(12-22-17)14-10-6-7-11-15(14)18/h6-7,10-12H,2-5,8-9H2,1H3.